The van der Waals surface area contributed by atoms with Crippen molar-refractivity contribution in [3.63, 3.8) is 0 Å². The summed E-state index contributed by atoms with van der Waals surface area (Å²) in [5.74, 6) is 0. The largest absolute Gasteiger partial charge is 0.388 e. The minimum atomic E-state index is 0. The average molecular weight is 253 g/mol. The number of hydrogen-bond donors (Lipinski definition) is 1. The Hall–Kier alpha value is 0.124. The van der Waals surface area contributed by atoms with Gasteiger partial charge in [0.05, 0.1) is 0 Å². The van der Waals surface area contributed by atoms with E-state index in [0.717, 1.165) is 6.42 Å². The van der Waals surface area contributed by atoms with Gasteiger partial charge in [0.2, 0.25) is 0 Å². The van der Waals surface area contributed by atoms with E-state index in [1.54, 1.807) is 0 Å². The average Bonchev–Trinajstić information content (AvgIpc) is 2.04. The molecule has 1 nitrogen and oxygen atoms in total. The predicted octanol–water partition coefficient (Wildman–Crippen LogP) is 3.05. The number of aryl methyl sites for hydroxylation is 2. The van der Waals surface area contributed by atoms with E-state index < -0.39 is 0 Å². The van der Waals surface area contributed by atoms with Gasteiger partial charge < -0.3 is 12.7 Å². The van der Waals surface area contributed by atoms with Crippen molar-refractivity contribution >= 4 is 5.69 Å². The van der Waals surface area contributed by atoms with Crippen molar-refractivity contribution in [1.82, 2.24) is 0 Å². The molecule has 1 aromatic rings. The second-order valence-corrected chi connectivity index (χ2v) is 2.71. The summed E-state index contributed by atoms with van der Waals surface area (Å²) in [6.45, 7) is 4.31. The van der Waals surface area contributed by atoms with Crippen molar-refractivity contribution in [1.29, 1.82) is 0 Å². The van der Waals surface area contributed by atoms with Gasteiger partial charge in [-0.3, -0.25) is 0 Å². The van der Waals surface area contributed by atoms with Crippen LogP contribution >= 0.6 is 0 Å². The third-order valence-corrected chi connectivity index (χ3v) is 1.99. The molecule has 0 bridgehead atoms. The summed E-state index contributed by atoms with van der Waals surface area (Å²) >= 11 is 0. The summed E-state index contributed by atoms with van der Waals surface area (Å²) in [7, 11) is 1.97. The molecular formula is C11H18NY-. The topological polar surface area (TPSA) is 12.0 Å². The summed E-state index contributed by atoms with van der Waals surface area (Å²) in [6.07, 6.45) is 1.10. The molecule has 0 heterocycles. The van der Waals surface area contributed by atoms with E-state index in [9.17, 15) is 0 Å². The van der Waals surface area contributed by atoms with Crippen LogP contribution in [0.4, 0.5) is 5.69 Å². The van der Waals surface area contributed by atoms with Crippen molar-refractivity contribution in [3.8, 4) is 0 Å². The Kier molecular flexibility index (Phi) is 9.02. The summed E-state index contributed by atoms with van der Waals surface area (Å²) in [5, 5.41) is 3.21. The fraction of sp³-hybridized carbons (Fsp3) is 0.364. The molecule has 0 aliphatic rings. The van der Waals surface area contributed by atoms with Crippen LogP contribution < -0.4 is 5.32 Å². The molecule has 0 saturated heterocycles. The van der Waals surface area contributed by atoms with Crippen LogP contribution in [-0.2, 0) is 39.1 Å². The van der Waals surface area contributed by atoms with Crippen LogP contribution in [0.3, 0.4) is 0 Å². The fourth-order valence-corrected chi connectivity index (χ4v) is 1.38. The maximum Gasteiger partial charge on any atom is 0.0399 e. The Morgan fingerprint density at radius 1 is 1.31 bits per heavy atom. The molecule has 0 aliphatic carbocycles. The van der Waals surface area contributed by atoms with Crippen LogP contribution in [0.15, 0.2) is 18.2 Å². The van der Waals surface area contributed by atoms with E-state index in [1.165, 1.54) is 16.8 Å². The first-order chi connectivity index (χ1) is 5.29. The quantitative estimate of drug-likeness (QED) is 0.799. The zero-order valence-electron chi connectivity index (χ0n) is 9.02. The Bertz CT molecular complexity index is 246. The molecule has 0 spiro atoms. The zero-order chi connectivity index (χ0) is 8.27. The number of nitrogens with one attached hydrogen (secondary N) is 1. The van der Waals surface area contributed by atoms with Gasteiger partial charge >= 0.3 is 0 Å². The molecule has 0 saturated carbocycles. The maximum atomic E-state index is 3.21. The number of rotatable bonds is 2. The molecule has 71 valence electrons. The second kappa shape index (κ2) is 7.52. The normalized spacial score (nSPS) is 8.23. The van der Waals surface area contributed by atoms with Gasteiger partial charge in [-0.2, -0.15) is 0 Å². The van der Waals surface area contributed by atoms with Crippen molar-refractivity contribution in [2.75, 3.05) is 12.4 Å². The third kappa shape index (κ3) is 3.78. The molecule has 0 aromatic heterocycles. The van der Waals surface area contributed by atoms with Crippen LogP contribution in [0.1, 0.15) is 18.1 Å². The van der Waals surface area contributed by atoms with Crippen molar-refractivity contribution < 1.29 is 32.7 Å². The molecule has 1 rings (SSSR count). The van der Waals surface area contributed by atoms with Gasteiger partial charge in [0.15, 0.2) is 0 Å². The molecule has 13 heavy (non-hydrogen) atoms. The first kappa shape index (κ1) is 15.6. The van der Waals surface area contributed by atoms with Crippen LogP contribution in [0.5, 0.6) is 0 Å². The number of hydrogen-bond acceptors (Lipinski definition) is 1. The molecule has 0 amide bonds. The molecule has 0 unspecified atom stereocenters. The minimum Gasteiger partial charge on any atom is -0.388 e. The molecule has 0 fully saturated rings. The Morgan fingerprint density at radius 2 is 1.92 bits per heavy atom. The Morgan fingerprint density at radius 3 is 2.31 bits per heavy atom. The molecule has 0 atom stereocenters. The minimum absolute atomic E-state index is 0. The molecule has 0 aliphatic heterocycles. The van der Waals surface area contributed by atoms with E-state index >= 15 is 0 Å². The van der Waals surface area contributed by atoms with Crippen molar-refractivity contribution in [2.24, 2.45) is 0 Å². The first-order valence-electron chi connectivity index (χ1n) is 4.05. The summed E-state index contributed by atoms with van der Waals surface area (Å²) in [4.78, 5) is 0. The number of benzene rings is 1. The van der Waals surface area contributed by atoms with E-state index in [4.69, 9.17) is 0 Å². The second-order valence-electron chi connectivity index (χ2n) is 2.71. The molecular weight excluding hydrogens is 235 g/mol. The SMILES string of the molecule is CCc1cccc(C)c1NC.[CH3-].[Y]. The summed E-state index contributed by atoms with van der Waals surface area (Å²) in [6, 6.07) is 6.40. The maximum absolute atomic E-state index is 3.21. The predicted molar refractivity (Wildman–Crippen MR) is 56.5 cm³/mol. The smallest absolute Gasteiger partial charge is 0.0399 e. The van der Waals surface area contributed by atoms with E-state index in [-0.39, 0.29) is 40.1 Å². The van der Waals surface area contributed by atoms with E-state index in [0.29, 0.717) is 0 Å². The monoisotopic (exact) mass is 253 g/mol. The van der Waals surface area contributed by atoms with Gasteiger partial charge in [-0.1, -0.05) is 25.1 Å². The van der Waals surface area contributed by atoms with Crippen LogP contribution in [-0.4, -0.2) is 7.05 Å². The third-order valence-electron chi connectivity index (χ3n) is 1.99. The van der Waals surface area contributed by atoms with Crippen molar-refractivity contribution in [2.45, 2.75) is 20.3 Å². The van der Waals surface area contributed by atoms with Crippen LogP contribution in [0, 0.1) is 14.4 Å². The van der Waals surface area contributed by atoms with Crippen molar-refractivity contribution in [3.05, 3.63) is 36.8 Å². The van der Waals surface area contributed by atoms with E-state index in [2.05, 4.69) is 37.4 Å². The van der Waals surface area contributed by atoms with Gasteiger partial charge in [-0.25, -0.2) is 0 Å². The van der Waals surface area contributed by atoms with Gasteiger partial charge in [-0.05, 0) is 24.5 Å². The van der Waals surface area contributed by atoms with E-state index in [1.807, 2.05) is 7.05 Å². The van der Waals surface area contributed by atoms with Gasteiger partial charge in [0, 0.05) is 45.4 Å². The molecule has 1 radical (unpaired) electrons. The van der Waals surface area contributed by atoms with Gasteiger partial charge in [-0.15, -0.1) is 0 Å². The Labute approximate surface area is 107 Å². The zero-order valence-corrected chi connectivity index (χ0v) is 11.9. The van der Waals surface area contributed by atoms with Gasteiger partial charge in [0.1, 0.15) is 0 Å². The Balaban J connectivity index is 0. The standard InChI is InChI=1S/C10H15N.CH3.Y/c1-4-9-7-5-6-8(2)10(9)11-3;;/h5-7,11H,4H2,1-3H3;1H3;/q;-1;. The number of para-hydroxylation sites is 1. The molecule has 1 aromatic carbocycles. The van der Waals surface area contributed by atoms with Gasteiger partial charge in [0.25, 0.3) is 0 Å². The molecule has 1 N–H and O–H groups in total. The first-order valence-corrected chi connectivity index (χ1v) is 4.05. The van der Waals surface area contributed by atoms with Crippen LogP contribution in [0.2, 0.25) is 0 Å². The fourth-order valence-electron chi connectivity index (χ4n) is 1.38. The van der Waals surface area contributed by atoms with Crippen LogP contribution in [0.25, 0.3) is 0 Å². The molecule has 2 heteroatoms. The summed E-state index contributed by atoms with van der Waals surface area (Å²) < 4.78 is 0. The number of anilines is 1. The summed E-state index contributed by atoms with van der Waals surface area (Å²) in [5.41, 5.74) is 4.01.